The van der Waals surface area contributed by atoms with Crippen LogP contribution < -0.4 is 5.32 Å². The number of aromatic nitrogens is 2. The number of carbonyl (C=O) groups is 1. The van der Waals surface area contributed by atoms with Gasteiger partial charge >= 0.3 is 0 Å². The monoisotopic (exact) mass is 287 g/mol. The Hall–Kier alpha value is -2.63. The number of para-hydroxylation sites is 1. The lowest BCUT2D eigenvalue weighted by molar-refractivity contribution is -0.116. The molecule has 6 heteroatoms. The van der Waals surface area contributed by atoms with Gasteiger partial charge < -0.3 is 10.1 Å². The second-order valence-electron chi connectivity index (χ2n) is 4.64. The summed E-state index contributed by atoms with van der Waals surface area (Å²) in [5, 5.41) is 6.73. The third kappa shape index (κ3) is 2.94. The summed E-state index contributed by atoms with van der Waals surface area (Å²) in [5.41, 5.74) is 0.810. The molecule has 1 amide bonds. The highest BCUT2D eigenvalue weighted by molar-refractivity contribution is 6.02. The SMILES string of the molecule is O=C(Nc1cnn(-c2ccccc2F)c1)C1=CCCCO1. The first-order chi connectivity index (χ1) is 10.2. The second kappa shape index (κ2) is 5.78. The van der Waals surface area contributed by atoms with Crippen molar-refractivity contribution in [3.05, 3.63) is 54.3 Å². The average Bonchev–Trinajstić information content (AvgIpc) is 2.97. The van der Waals surface area contributed by atoms with Crippen molar-refractivity contribution in [2.45, 2.75) is 12.8 Å². The number of hydrogen-bond donors (Lipinski definition) is 1. The number of rotatable bonds is 3. The summed E-state index contributed by atoms with van der Waals surface area (Å²) in [6, 6.07) is 6.30. The molecule has 21 heavy (non-hydrogen) atoms. The van der Waals surface area contributed by atoms with Crippen LogP contribution in [0.3, 0.4) is 0 Å². The molecule has 108 valence electrons. The Morgan fingerprint density at radius 2 is 2.24 bits per heavy atom. The number of benzene rings is 1. The maximum atomic E-state index is 13.7. The van der Waals surface area contributed by atoms with Crippen molar-refractivity contribution in [2.24, 2.45) is 0 Å². The molecule has 0 fully saturated rings. The van der Waals surface area contributed by atoms with Crippen LogP contribution in [0, 0.1) is 5.82 Å². The van der Waals surface area contributed by atoms with E-state index in [0.717, 1.165) is 12.8 Å². The molecule has 0 unspecified atom stereocenters. The van der Waals surface area contributed by atoms with E-state index in [9.17, 15) is 9.18 Å². The van der Waals surface area contributed by atoms with Gasteiger partial charge in [-0.3, -0.25) is 4.79 Å². The normalized spacial score (nSPS) is 14.2. The van der Waals surface area contributed by atoms with Gasteiger partial charge in [0.2, 0.25) is 0 Å². The Morgan fingerprint density at radius 3 is 3.00 bits per heavy atom. The van der Waals surface area contributed by atoms with E-state index in [1.807, 2.05) is 0 Å². The fourth-order valence-corrected chi connectivity index (χ4v) is 2.07. The minimum atomic E-state index is -0.378. The van der Waals surface area contributed by atoms with Crippen LogP contribution >= 0.6 is 0 Å². The van der Waals surface area contributed by atoms with E-state index in [2.05, 4.69) is 10.4 Å². The van der Waals surface area contributed by atoms with Crippen LogP contribution in [0.4, 0.5) is 10.1 Å². The number of amides is 1. The Kier molecular flexibility index (Phi) is 3.68. The van der Waals surface area contributed by atoms with Gasteiger partial charge in [0.1, 0.15) is 11.5 Å². The molecule has 5 nitrogen and oxygen atoms in total. The van der Waals surface area contributed by atoms with Gasteiger partial charge in [-0.1, -0.05) is 12.1 Å². The van der Waals surface area contributed by atoms with Gasteiger partial charge in [-0.05, 0) is 31.1 Å². The van der Waals surface area contributed by atoms with Gasteiger partial charge in [-0.15, -0.1) is 0 Å². The van der Waals surface area contributed by atoms with Crippen LogP contribution in [0.15, 0.2) is 48.5 Å². The van der Waals surface area contributed by atoms with Crippen molar-refractivity contribution < 1.29 is 13.9 Å². The smallest absolute Gasteiger partial charge is 0.290 e. The van der Waals surface area contributed by atoms with Gasteiger partial charge in [0.05, 0.1) is 24.7 Å². The molecular formula is C15H14FN3O2. The van der Waals surface area contributed by atoms with Crippen LogP contribution in [0.5, 0.6) is 0 Å². The minimum Gasteiger partial charge on any atom is -0.488 e. The molecule has 1 aromatic heterocycles. The molecule has 3 rings (SSSR count). The summed E-state index contributed by atoms with van der Waals surface area (Å²) < 4.78 is 20.3. The van der Waals surface area contributed by atoms with Gasteiger partial charge in [0.25, 0.3) is 5.91 Å². The molecule has 0 atom stereocenters. The summed E-state index contributed by atoms with van der Waals surface area (Å²) in [6.45, 7) is 0.549. The second-order valence-corrected chi connectivity index (χ2v) is 4.64. The third-order valence-corrected chi connectivity index (χ3v) is 3.10. The van der Waals surface area contributed by atoms with Gasteiger partial charge in [0, 0.05) is 0 Å². The zero-order valence-corrected chi connectivity index (χ0v) is 11.3. The highest BCUT2D eigenvalue weighted by Crippen LogP contribution is 2.16. The highest BCUT2D eigenvalue weighted by atomic mass is 19.1. The van der Waals surface area contributed by atoms with Crippen LogP contribution in [-0.4, -0.2) is 22.3 Å². The molecule has 0 bridgehead atoms. The van der Waals surface area contributed by atoms with E-state index >= 15 is 0 Å². The van der Waals surface area contributed by atoms with Crippen LogP contribution in [0.1, 0.15) is 12.8 Å². The number of halogens is 1. The summed E-state index contributed by atoms with van der Waals surface area (Å²) in [7, 11) is 0. The van der Waals surface area contributed by atoms with E-state index in [-0.39, 0.29) is 11.7 Å². The van der Waals surface area contributed by atoms with Gasteiger partial charge in [0.15, 0.2) is 5.76 Å². The van der Waals surface area contributed by atoms with Crippen LogP contribution in [-0.2, 0) is 9.53 Å². The molecule has 1 aliphatic rings. The summed E-state index contributed by atoms with van der Waals surface area (Å²) in [5.74, 6) is -0.375. The molecule has 0 saturated heterocycles. The molecule has 0 saturated carbocycles. The van der Waals surface area contributed by atoms with E-state index in [1.54, 1.807) is 30.5 Å². The number of anilines is 1. The van der Waals surface area contributed by atoms with Crippen molar-refractivity contribution in [1.29, 1.82) is 0 Å². The lowest BCUT2D eigenvalue weighted by atomic mass is 10.2. The lowest BCUT2D eigenvalue weighted by Gasteiger charge is -2.13. The molecule has 1 aliphatic heterocycles. The average molecular weight is 287 g/mol. The predicted octanol–water partition coefficient (Wildman–Crippen LogP) is 2.64. The first-order valence-corrected chi connectivity index (χ1v) is 6.68. The first-order valence-electron chi connectivity index (χ1n) is 6.68. The van der Waals surface area contributed by atoms with Gasteiger partial charge in [-0.25, -0.2) is 9.07 Å². The zero-order chi connectivity index (χ0) is 14.7. The minimum absolute atomic E-state index is 0.317. The molecule has 1 aromatic carbocycles. The molecule has 2 heterocycles. The number of carbonyl (C=O) groups excluding carboxylic acids is 1. The molecule has 0 radical (unpaired) electrons. The molecule has 2 aromatic rings. The molecule has 0 spiro atoms. The Bertz CT molecular complexity index is 694. The standard InChI is InChI=1S/C15H14FN3O2/c16-12-5-1-2-6-13(12)19-10-11(9-17-19)18-15(20)14-7-3-4-8-21-14/h1-2,5-7,9-10H,3-4,8H2,(H,18,20). The number of hydrogen-bond acceptors (Lipinski definition) is 3. The largest absolute Gasteiger partial charge is 0.488 e. The topological polar surface area (TPSA) is 56.2 Å². The Balaban J connectivity index is 1.75. The van der Waals surface area contributed by atoms with Crippen molar-refractivity contribution in [3.8, 4) is 5.69 Å². The van der Waals surface area contributed by atoms with Gasteiger partial charge in [-0.2, -0.15) is 5.10 Å². The molecule has 1 N–H and O–H groups in total. The Labute approximate surface area is 121 Å². The van der Waals surface area contributed by atoms with E-state index in [4.69, 9.17) is 4.74 Å². The summed E-state index contributed by atoms with van der Waals surface area (Å²) in [4.78, 5) is 12.0. The maximum absolute atomic E-state index is 13.7. The number of ether oxygens (including phenoxy) is 1. The van der Waals surface area contributed by atoms with Crippen molar-refractivity contribution >= 4 is 11.6 Å². The van der Waals surface area contributed by atoms with Crippen molar-refractivity contribution in [1.82, 2.24) is 9.78 Å². The fraction of sp³-hybridized carbons (Fsp3) is 0.200. The quantitative estimate of drug-likeness (QED) is 0.944. The molecule has 0 aliphatic carbocycles. The maximum Gasteiger partial charge on any atom is 0.290 e. The van der Waals surface area contributed by atoms with E-state index < -0.39 is 0 Å². The van der Waals surface area contributed by atoms with Crippen molar-refractivity contribution in [3.63, 3.8) is 0 Å². The first kappa shape index (κ1) is 13.4. The van der Waals surface area contributed by atoms with Crippen LogP contribution in [0.25, 0.3) is 5.69 Å². The number of nitrogens with zero attached hydrogens (tertiary/aromatic N) is 2. The summed E-state index contributed by atoms with van der Waals surface area (Å²) >= 11 is 0. The number of allylic oxidation sites excluding steroid dienone is 1. The predicted molar refractivity (Wildman–Crippen MR) is 75.4 cm³/mol. The summed E-state index contributed by atoms with van der Waals surface area (Å²) in [6.07, 6.45) is 6.53. The lowest BCUT2D eigenvalue weighted by Crippen LogP contribution is -2.18. The fourth-order valence-electron chi connectivity index (χ4n) is 2.07. The Morgan fingerprint density at radius 1 is 1.38 bits per heavy atom. The third-order valence-electron chi connectivity index (χ3n) is 3.10. The highest BCUT2D eigenvalue weighted by Gasteiger charge is 2.15. The number of nitrogens with one attached hydrogen (secondary N) is 1. The van der Waals surface area contributed by atoms with E-state index in [1.165, 1.54) is 16.9 Å². The van der Waals surface area contributed by atoms with E-state index in [0.29, 0.717) is 23.7 Å². The zero-order valence-electron chi connectivity index (χ0n) is 11.3. The van der Waals surface area contributed by atoms with Crippen molar-refractivity contribution in [2.75, 3.05) is 11.9 Å². The molecular weight excluding hydrogens is 273 g/mol. The van der Waals surface area contributed by atoms with Crippen LogP contribution in [0.2, 0.25) is 0 Å².